The van der Waals surface area contributed by atoms with Crippen LogP contribution in [0.4, 0.5) is 11.4 Å². The second-order valence-corrected chi connectivity index (χ2v) is 10.5. The topological polar surface area (TPSA) is 83.6 Å². The summed E-state index contributed by atoms with van der Waals surface area (Å²) in [6, 6.07) is 12.5. The number of anilines is 2. The fourth-order valence-corrected chi connectivity index (χ4v) is 5.81. The average Bonchev–Trinajstić information content (AvgIpc) is 3.09. The molecular formula is C21H22N2O4S2. The quantitative estimate of drug-likeness (QED) is 0.806. The molecule has 2 aliphatic heterocycles. The molecule has 8 heteroatoms. The van der Waals surface area contributed by atoms with E-state index in [-0.39, 0.29) is 34.8 Å². The van der Waals surface area contributed by atoms with Crippen LogP contribution in [0.5, 0.6) is 0 Å². The highest BCUT2D eigenvalue weighted by molar-refractivity contribution is 7.99. The van der Waals surface area contributed by atoms with E-state index in [1.807, 2.05) is 31.2 Å². The number of thioether (sulfide) groups is 1. The number of rotatable bonds is 4. The van der Waals surface area contributed by atoms with Gasteiger partial charge in [0.15, 0.2) is 9.84 Å². The van der Waals surface area contributed by atoms with Gasteiger partial charge in [-0.3, -0.25) is 9.59 Å². The van der Waals surface area contributed by atoms with Crippen molar-refractivity contribution in [2.75, 3.05) is 28.3 Å². The summed E-state index contributed by atoms with van der Waals surface area (Å²) in [6.45, 7) is 2.42. The van der Waals surface area contributed by atoms with Gasteiger partial charge in [0, 0.05) is 35.2 Å². The lowest BCUT2D eigenvalue weighted by molar-refractivity contribution is -0.119. The largest absolute Gasteiger partial charge is 0.325 e. The molecule has 0 radical (unpaired) electrons. The average molecular weight is 431 g/mol. The van der Waals surface area contributed by atoms with Gasteiger partial charge >= 0.3 is 0 Å². The summed E-state index contributed by atoms with van der Waals surface area (Å²) in [6.07, 6.45) is 0.709. The van der Waals surface area contributed by atoms with Crippen molar-refractivity contribution in [2.24, 2.45) is 5.92 Å². The van der Waals surface area contributed by atoms with E-state index in [4.69, 9.17) is 0 Å². The Morgan fingerprint density at radius 2 is 2.03 bits per heavy atom. The number of nitrogens with zero attached hydrogens (tertiary/aromatic N) is 1. The number of benzene rings is 2. The number of fused-ring (bicyclic) bond motifs is 2. The highest BCUT2D eigenvalue weighted by atomic mass is 32.2. The van der Waals surface area contributed by atoms with Gasteiger partial charge in [-0.1, -0.05) is 25.1 Å². The van der Waals surface area contributed by atoms with Crippen molar-refractivity contribution in [3.8, 4) is 0 Å². The van der Waals surface area contributed by atoms with Crippen LogP contribution in [0.3, 0.4) is 0 Å². The van der Waals surface area contributed by atoms with E-state index in [1.165, 1.54) is 17.8 Å². The Bertz CT molecular complexity index is 1080. The van der Waals surface area contributed by atoms with E-state index in [0.717, 1.165) is 22.6 Å². The maximum Gasteiger partial charge on any atom is 0.228 e. The number of carbonyl (C=O) groups excluding carboxylic acids is 2. The highest BCUT2D eigenvalue weighted by Crippen LogP contribution is 2.34. The summed E-state index contributed by atoms with van der Waals surface area (Å²) >= 11 is 1.53. The Balaban J connectivity index is 1.48. The minimum absolute atomic E-state index is 0.0775. The van der Waals surface area contributed by atoms with Crippen LogP contribution < -0.4 is 10.2 Å². The first kappa shape index (κ1) is 20.0. The predicted octanol–water partition coefficient (Wildman–Crippen LogP) is 3.12. The van der Waals surface area contributed by atoms with Crippen molar-refractivity contribution >= 4 is 44.8 Å². The lowest BCUT2D eigenvalue weighted by atomic mass is 10.2. The molecule has 0 fully saturated rings. The number of amides is 2. The molecule has 29 heavy (non-hydrogen) atoms. The van der Waals surface area contributed by atoms with Crippen LogP contribution in [0.1, 0.15) is 18.9 Å². The zero-order chi connectivity index (χ0) is 20.6. The second-order valence-electron chi connectivity index (χ2n) is 7.35. The maximum absolute atomic E-state index is 12.8. The molecule has 152 valence electrons. The van der Waals surface area contributed by atoms with Gasteiger partial charge in [-0.2, -0.15) is 0 Å². The molecule has 0 spiro atoms. The van der Waals surface area contributed by atoms with Crippen LogP contribution in [0, 0.1) is 5.92 Å². The van der Waals surface area contributed by atoms with Gasteiger partial charge in [0.05, 0.1) is 16.3 Å². The van der Waals surface area contributed by atoms with E-state index >= 15 is 0 Å². The SMILES string of the molecule is C[C@@H]1CSc2ccc(S(=O)(=O)CCC(=O)N3CCc4ccccc43)cc2NC1=O. The fourth-order valence-electron chi connectivity index (χ4n) is 3.54. The molecule has 0 bridgehead atoms. The normalized spacial score (nSPS) is 18.6. The van der Waals surface area contributed by atoms with E-state index in [9.17, 15) is 18.0 Å². The molecule has 1 atom stereocenters. The number of carbonyl (C=O) groups is 2. The van der Waals surface area contributed by atoms with Crippen LogP contribution in [-0.2, 0) is 25.8 Å². The zero-order valence-electron chi connectivity index (χ0n) is 16.1. The third-order valence-corrected chi connectivity index (χ3v) is 8.32. The summed E-state index contributed by atoms with van der Waals surface area (Å²) in [7, 11) is -3.65. The fraction of sp³-hybridized carbons (Fsp3) is 0.333. The number of hydrogen-bond acceptors (Lipinski definition) is 5. The van der Waals surface area contributed by atoms with Crippen molar-refractivity contribution in [3.05, 3.63) is 48.0 Å². The number of para-hydroxylation sites is 1. The number of hydrogen-bond donors (Lipinski definition) is 1. The summed E-state index contributed by atoms with van der Waals surface area (Å²) < 4.78 is 25.6. The molecule has 0 saturated carbocycles. The molecule has 2 amide bonds. The maximum atomic E-state index is 12.8. The Hall–Kier alpha value is -2.32. The first-order valence-electron chi connectivity index (χ1n) is 9.54. The second kappa shape index (κ2) is 7.84. The van der Waals surface area contributed by atoms with Crippen LogP contribution >= 0.6 is 11.8 Å². The van der Waals surface area contributed by atoms with Crippen molar-refractivity contribution in [1.82, 2.24) is 0 Å². The van der Waals surface area contributed by atoms with Crippen LogP contribution in [0.25, 0.3) is 0 Å². The smallest absolute Gasteiger partial charge is 0.228 e. The van der Waals surface area contributed by atoms with Gasteiger partial charge in [0.2, 0.25) is 11.8 Å². The Morgan fingerprint density at radius 1 is 1.24 bits per heavy atom. The number of sulfone groups is 1. The summed E-state index contributed by atoms with van der Waals surface area (Å²) in [5.41, 5.74) is 2.50. The van der Waals surface area contributed by atoms with Crippen molar-refractivity contribution in [2.45, 2.75) is 29.6 Å². The van der Waals surface area contributed by atoms with Crippen molar-refractivity contribution < 1.29 is 18.0 Å². The molecule has 0 saturated heterocycles. The molecular weight excluding hydrogens is 408 g/mol. The van der Waals surface area contributed by atoms with Gasteiger partial charge in [0.1, 0.15) is 0 Å². The molecule has 6 nitrogen and oxygen atoms in total. The molecule has 2 aliphatic rings. The van der Waals surface area contributed by atoms with Gasteiger partial charge < -0.3 is 10.2 Å². The molecule has 1 N–H and O–H groups in total. The molecule has 0 aromatic heterocycles. The minimum atomic E-state index is -3.65. The summed E-state index contributed by atoms with van der Waals surface area (Å²) in [5.74, 6) is -0.0644. The molecule has 0 unspecified atom stereocenters. The van der Waals surface area contributed by atoms with Gasteiger partial charge in [-0.25, -0.2) is 8.42 Å². The highest BCUT2D eigenvalue weighted by Gasteiger charge is 2.27. The van der Waals surface area contributed by atoms with E-state index in [2.05, 4.69) is 5.32 Å². The molecule has 2 aromatic rings. The molecule has 2 aromatic carbocycles. The van der Waals surface area contributed by atoms with E-state index in [1.54, 1.807) is 17.0 Å². The lowest BCUT2D eigenvalue weighted by Gasteiger charge is -2.17. The third kappa shape index (κ3) is 4.04. The van der Waals surface area contributed by atoms with Gasteiger partial charge in [0.25, 0.3) is 0 Å². The predicted molar refractivity (Wildman–Crippen MR) is 114 cm³/mol. The molecule has 2 heterocycles. The summed E-state index contributed by atoms with van der Waals surface area (Å²) in [4.78, 5) is 27.4. The standard InChI is InChI=1S/C21H22N2O4S2/c1-14-13-28-19-7-6-16(12-17(19)22-21(14)25)29(26,27)11-9-20(24)23-10-8-15-4-2-3-5-18(15)23/h2-7,12,14H,8-11,13H2,1H3,(H,22,25)/t14-/m1/s1. The Morgan fingerprint density at radius 3 is 2.86 bits per heavy atom. The van der Waals surface area contributed by atoms with Gasteiger partial charge in [-0.15, -0.1) is 11.8 Å². The zero-order valence-corrected chi connectivity index (χ0v) is 17.7. The molecule has 4 rings (SSSR count). The Labute approximate surface area is 174 Å². The molecule has 0 aliphatic carbocycles. The third-order valence-electron chi connectivity index (χ3n) is 5.28. The summed E-state index contributed by atoms with van der Waals surface area (Å²) in [5, 5.41) is 2.81. The lowest BCUT2D eigenvalue weighted by Crippen LogP contribution is -2.30. The first-order valence-corrected chi connectivity index (χ1v) is 12.2. The Kier molecular flexibility index (Phi) is 5.40. The number of nitrogens with one attached hydrogen (secondary N) is 1. The monoisotopic (exact) mass is 430 g/mol. The minimum Gasteiger partial charge on any atom is -0.325 e. The van der Waals surface area contributed by atoms with Crippen molar-refractivity contribution in [3.63, 3.8) is 0 Å². The van der Waals surface area contributed by atoms with Gasteiger partial charge in [-0.05, 0) is 36.2 Å². The van der Waals surface area contributed by atoms with E-state index < -0.39 is 9.84 Å². The van der Waals surface area contributed by atoms with E-state index in [0.29, 0.717) is 18.0 Å². The van der Waals surface area contributed by atoms with Crippen LogP contribution in [0.15, 0.2) is 52.3 Å². The van der Waals surface area contributed by atoms with Crippen LogP contribution in [-0.4, -0.2) is 38.3 Å². The first-order chi connectivity index (χ1) is 13.8. The van der Waals surface area contributed by atoms with Crippen LogP contribution in [0.2, 0.25) is 0 Å². The van der Waals surface area contributed by atoms with Crippen molar-refractivity contribution in [1.29, 1.82) is 0 Å².